The summed E-state index contributed by atoms with van der Waals surface area (Å²) in [6.07, 6.45) is 1.84. The fourth-order valence-electron chi connectivity index (χ4n) is 3.60. The Morgan fingerprint density at radius 2 is 1.90 bits per heavy atom. The fourth-order valence-corrected chi connectivity index (χ4v) is 3.98. The number of fused-ring (bicyclic) bond motifs is 1. The van der Waals surface area contributed by atoms with Crippen molar-refractivity contribution in [3.05, 3.63) is 98.0 Å². The second-order valence-corrected chi connectivity index (χ2v) is 7.94. The van der Waals surface area contributed by atoms with Gasteiger partial charge in [0, 0.05) is 39.9 Å². The second kappa shape index (κ2) is 8.73. The number of non-ortho nitro benzene ring substituents is 1. The molecule has 1 aliphatic heterocycles. The van der Waals surface area contributed by atoms with Crippen molar-refractivity contribution in [3.63, 3.8) is 0 Å². The molecule has 31 heavy (non-hydrogen) atoms. The Balaban J connectivity index is 1.67. The third-order valence-electron chi connectivity index (χ3n) is 5.06. The van der Waals surface area contributed by atoms with Crippen LogP contribution in [0, 0.1) is 10.1 Å². The van der Waals surface area contributed by atoms with Crippen LogP contribution in [0.2, 0.25) is 0 Å². The minimum absolute atomic E-state index is 0.0204. The van der Waals surface area contributed by atoms with E-state index in [4.69, 9.17) is 4.74 Å². The van der Waals surface area contributed by atoms with Crippen LogP contribution in [0.1, 0.15) is 23.6 Å². The van der Waals surface area contributed by atoms with Gasteiger partial charge in [0.2, 0.25) is 0 Å². The summed E-state index contributed by atoms with van der Waals surface area (Å²) in [6.45, 7) is 2.71. The fraction of sp³-hybridized carbons (Fsp3) is 0.125. The predicted octanol–water partition coefficient (Wildman–Crippen LogP) is 5.84. The molecule has 0 radical (unpaired) electrons. The molecule has 4 rings (SSSR count). The Kier molecular flexibility index (Phi) is 5.86. The third-order valence-corrected chi connectivity index (χ3v) is 5.56. The minimum Gasteiger partial charge on any atom is -0.488 e. The molecule has 0 unspecified atom stereocenters. The van der Waals surface area contributed by atoms with Crippen LogP contribution in [0.3, 0.4) is 0 Å². The number of hydrogen-bond acceptors (Lipinski definition) is 4. The molecule has 0 aliphatic carbocycles. The van der Waals surface area contributed by atoms with Crippen molar-refractivity contribution in [1.82, 2.24) is 0 Å². The van der Waals surface area contributed by atoms with Gasteiger partial charge in [-0.3, -0.25) is 14.9 Å². The summed E-state index contributed by atoms with van der Waals surface area (Å²) in [6, 6.07) is 19.6. The molecule has 3 aromatic carbocycles. The monoisotopic (exact) mass is 478 g/mol. The number of likely N-dealkylation sites (N-methyl/N-ethyl adjacent to an activating group) is 1. The number of ether oxygens (including phenoxy) is 1. The molecule has 156 valence electrons. The minimum atomic E-state index is -0.429. The Hall–Kier alpha value is -3.45. The average Bonchev–Trinajstić information content (AvgIpc) is 3.04. The highest BCUT2D eigenvalue weighted by molar-refractivity contribution is 9.10. The van der Waals surface area contributed by atoms with Gasteiger partial charge in [-0.2, -0.15) is 0 Å². The third kappa shape index (κ3) is 4.22. The topological polar surface area (TPSA) is 72.7 Å². The first-order chi connectivity index (χ1) is 15.0. The summed E-state index contributed by atoms with van der Waals surface area (Å²) in [5, 5.41) is 11.0. The van der Waals surface area contributed by atoms with Crippen molar-refractivity contribution in [3.8, 4) is 5.75 Å². The number of nitro benzene ring substituents is 1. The van der Waals surface area contributed by atoms with Crippen LogP contribution in [-0.4, -0.2) is 17.4 Å². The number of hydrogen-bond donors (Lipinski definition) is 0. The van der Waals surface area contributed by atoms with Crippen molar-refractivity contribution in [1.29, 1.82) is 0 Å². The van der Waals surface area contributed by atoms with Gasteiger partial charge in [0.15, 0.2) is 0 Å². The van der Waals surface area contributed by atoms with Crippen molar-refractivity contribution < 1.29 is 14.5 Å². The van der Waals surface area contributed by atoms with Crippen molar-refractivity contribution in [2.75, 3.05) is 11.4 Å². The lowest BCUT2D eigenvalue weighted by molar-refractivity contribution is -0.384. The van der Waals surface area contributed by atoms with E-state index in [1.165, 1.54) is 12.1 Å². The Bertz CT molecular complexity index is 1210. The van der Waals surface area contributed by atoms with E-state index in [2.05, 4.69) is 15.9 Å². The molecule has 0 aromatic heterocycles. The molecule has 1 amide bonds. The number of benzene rings is 3. The molecule has 0 atom stereocenters. The van der Waals surface area contributed by atoms with Gasteiger partial charge in [0.25, 0.3) is 11.6 Å². The molecule has 0 fully saturated rings. The number of anilines is 1. The van der Waals surface area contributed by atoms with E-state index in [0.29, 0.717) is 23.4 Å². The first-order valence-corrected chi connectivity index (χ1v) is 10.6. The van der Waals surface area contributed by atoms with Gasteiger partial charge in [-0.05, 0) is 42.8 Å². The number of nitro groups is 1. The normalized spacial score (nSPS) is 14.1. The quantitative estimate of drug-likeness (QED) is 0.253. The largest absolute Gasteiger partial charge is 0.488 e. The Morgan fingerprint density at radius 3 is 2.68 bits per heavy atom. The van der Waals surface area contributed by atoms with E-state index < -0.39 is 4.92 Å². The highest BCUT2D eigenvalue weighted by Gasteiger charge is 2.31. The summed E-state index contributed by atoms with van der Waals surface area (Å²) in [5.41, 5.74) is 3.85. The van der Waals surface area contributed by atoms with Crippen LogP contribution in [-0.2, 0) is 11.4 Å². The summed E-state index contributed by atoms with van der Waals surface area (Å²) in [4.78, 5) is 25.4. The zero-order valence-electron chi connectivity index (χ0n) is 16.7. The average molecular weight is 479 g/mol. The molecule has 7 heteroatoms. The lowest BCUT2D eigenvalue weighted by atomic mass is 10.0. The first-order valence-electron chi connectivity index (χ1n) is 9.76. The van der Waals surface area contributed by atoms with Crippen LogP contribution in [0.15, 0.2) is 71.2 Å². The number of rotatable bonds is 6. The van der Waals surface area contributed by atoms with Crippen molar-refractivity contribution in [2.24, 2.45) is 0 Å². The second-order valence-electron chi connectivity index (χ2n) is 7.02. The van der Waals surface area contributed by atoms with Gasteiger partial charge in [0.05, 0.1) is 10.6 Å². The lowest BCUT2D eigenvalue weighted by Crippen LogP contribution is -2.25. The maximum atomic E-state index is 13.0. The number of carbonyl (C=O) groups is 1. The van der Waals surface area contributed by atoms with E-state index in [-0.39, 0.29) is 18.2 Å². The molecular formula is C24H19BrN2O4. The molecule has 6 nitrogen and oxygen atoms in total. The number of halogens is 1. The molecule has 0 saturated carbocycles. The molecule has 0 spiro atoms. The molecule has 1 aliphatic rings. The van der Waals surface area contributed by atoms with Crippen LogP contribution in [0.5, 0.6) is 5.75 Å². The molecule has 1 heterocycles. The Morgan fingerprint density at radius 1 is 1.10 bits per heavy atom. The summed E-state index contributed by atoms with van der Waals surface area (Å²) in [5.74, 6) is 0.538. The van der Waals surface area contributed by atoms with Gasteiger partial charge in [-0.25, -0.2) is 0 Å². The smallest absolute Gasteiger partial charge is 0.269 e. The molecule has 0 saturated heterocycles. The Labute approximate surface area is 188 Å². The van der Waals surface area contributed by atoms with Crippen LogP contribution < -0.4 is 9.64 Å². The number of carbonyl (C=O) groups excluding carboxylic acids is 1. The number of nitrogens with zero attached hydrogens (tertiary/aromatic N) is 2. The van der Waals surface area contributed by atoms with Crippen LogP contribution in [0.4, 0.5) is 11.4 Å². The zero-order valence-corrected chi connectivity index (χ0v) is 18.3. The van der Waals surface area contributed by atoms with Crippen molar-refractivity contribution in [2.45, 2.75) is 13.5 Å². The molecule has 3 aromatic rings. The number of para-hydroxylation sites is 1. The van der Waals surface area contributed by atoms with Gasteiger partial charge < -0.3 is 9.64 Å². The zero-order chi connectivity index (χ0) is 22.0. The maximum Gasteiger partial charge on any atom is 0.269 e. The van der Waals surface area contributed by atoms with E-state index >= 15 is 0 Å². The van der Waals surface area contributed by atoms with E-state index in [0.717, 1.165) is 21.3 Å². The maximum absolute atomic E-state index is 13.0. The van der Waals surface area contributed by atoms with E-state index in [1.807, 2.05) is 55.5 Å². The molecule has 0 bridgehead atoms. The van der Waals surface area contributed by atoms with Gasteiger partial charge in [-0.15, -0.1) is 0 Å². The SMILES string of the molecule is CCN1C(=O)/C(=C\c2cc(Br)ccc2OCc2cccc([N+](=O)[O-])c2)c2ccccc21. The predicted molar refractivity (Wildman–Crippen MR) is 124 cm³/mol. The van der Waals surface area contributed by atoms with Crippen LogP contribution >= 0.6 is 15.9 Å². The standard InChI is InChI=1S/C24H19BrN2O4/c1-2-26-22-9-4-3-8-20(22)21(24(26)28)14-17-13-18(25)10-11-23(17)31-15-16-6-5-7-19(12-16)27(29)30/h3-14H,2,15H2,1H3/b21-14-. The van der Waals surface area contributed by atoms with E-state index in [1.54, 1.807) is 17.0 Å². The highest BCUT2D eigenvalue weighted by Crippen LogP contribution is 2.39. The van der Waals surface area contributed by atoms with Crippen LogP contribution in [0.25, 0.3) is 11.6 Å². The highest BCUT2D eigenvalue weighted by atomic mass is 79.9. The van der Waals surface area contributed by atoms with Gasteiger partial charge in [0.1, 0.15) is 12.4 Å². The summed E-state index contributed by atoms with van der Waals surface area (Å²) < 4.78 is 6.84. The first kappa shape index (κ1) is 20.8. The summed E-state index contributed by atoms with van der Waals surface area (Å²) in [7, 11) is 0. The number of amides is 1. The molecule has 0 N–H and O–H groups in total. The van der Waals surface area contributed by atoms with Gasteiger partial charge >= 0.3 is 0 Å². The summed E-state index contributed by atoms with van der Waals surface area (Å²) >= 11 is 3.48. The van der Waals surface area contributed by atoms with Crippen molar-refractivity contribution >= 4 is 44.9 Å². The van der Waals surface area contributed by atoms with Gasteiger partial charge in [-0.1, -0.05) is 46.3 Å². The molecular weight excluding hydrogens is 460 g/mol. The lowest BCUT2D eigenvalue weighted by Gasteiger charge is -2.13. The van der Waals surface area contributed by atoms with E-state index in [9.17, 15) is 14.9 Å².